The second-order valence-corrected chi connectivity index (χ2v) is 5.67. The third-order valence-corrected chi connectivity index (χ3v) is 4.52. The van der Waals surface area contributed by atoms with Crippen LogP contribution in [-0.2, 0) is 9.53 Å². The van der Waals surface area contributed by atoms with E-state index in [1.165, 1.54) is 25.7 Å². The van der Waals surface area contributed by atoms with Gasteiger partial charge >= 0.3 is 0 Å². The number of unbranched alkanes of at least 4 members (excludes halogenated alkanes) is 1. The molecular formula is C15H26O2. The average molecular weight is 238 g/mol. The van der Waals surface area contributed by atoms with Gasteiger partial charge in [-0.25, -0.2) is 0 Å². The molecule has 0 N–H and O–H groups in total. The van der Waals surface area contributed by atoms with E-state index in [4.69, 9.17) is 4.74 Å². The lowest BCUT2D eigenvalue weighted by atomic mass is 9.75. The topological polar surface area (TPSA) is 26.3 Å². The summed E-state index contributed by atoms with van der Waals surface area (Å²) in [6.07, 6.45) is 9.50. The van der Waals surface area contributed by atoms with E-state index in [0.29, 0.717) is 17.8 Å². The van der Waals surface area contributed by atoms with Gasteiger partial charge in [0.2, 0.25) is 0 Å². The number of ether oxygens (including phenoxy) is 1. The first kappa shape index (κ1) is 13.1. The molecule has 0 radical (unpaired) electrons. The quantitative estimate of drug-likeness (QED) is 0.729. The summed E-state index contributed by atoms with van der Waals surface area (Å²) in [4.78, 5) is 12.3. The number of hydrogen-bond acceptors (Lipinski definition) is 2. The second-order valence-electron chi connectivity index (χ2n) is 5.67. The molecule has 0 spiro atoms. The Morgan fingerprint density at radius 1 is 1.24 bits per heavy atom. The molecule has 2 heteroatoms. The summed E-state index contributed by atoms with van der Waals surface area (Å²) in [7, 11) is 0. The van der Waals surface area contributed by atoms with Crippen LogP contribution in [0.3, 0.4) is 0 Å². The molecule has 2 nitrogen and oxygen atoms in total. The third-order valence-electron chi connectivity index (χ3n) is 4.52. The van der Waals surface area contributed by atoms with Gasteiger partial charge in [-0.15, -0.1) is 0 Å². The average Bonchev–Trinajstić information content (AvgIpc) is 2.74. The zero-order chi connectivity index (χ0) is 12.3. The van der Waals surface area contributed by atoms with E-state index < -0.39 is 0 Å². The van der Waals surface area contributed by atoms with Gasteiger partial charge < -0.3 is 4.74 Å². The molecule has 4 atom stereocenters. The summed E-state index contributed by atoms with van der Waals surface area (Å²) in [5.41, 5.74) is 0. The molecule has 98 valence electrons. The van der Waals surface area contributed by atoms with Crippen LogP contribution in [0.4, 0.5) is 0 Å². The van der Waals surface area contributed by atoms with Crippen LogP contribution in [0.2, 0.25) is 0 Å². The van der Waals surface area contributed by atoms with Crippen molar-refractivity contribution in [2.75, 3.05) is 0 Å². The van der Waals surface area contributed by atoms with E-state index >= 15 is 0 Å². The van der Waals surface area contributed by atoms with Gasteiger partial charge in [-0.1, -0.05) is 33.1 Å². The van der Waals surface area contributed by atoms with Crippen molar-refractivity contribution in [2.24, 2.45) is 11.8 Å². The van der Waals surface area contributed by atoms with Gasteiger partial charge in [-0.2, -0.15) is 0 Å². The molecule has 0 amide bonds. The second kappa shape index (κ2) is 5.99. The Morgan fingerprint density at radius 3 is 2.71 bits per heavy atom. The fourth-order valence-electron chi connectivity index (χ4n) is 3.60. The fraction of sp³-hybridized carbons (Fsp3) is 0.933. The smallest absolute Gasteiger partial charge is 0.138 e. The van der Waals surface area contributed by atoms with Gasteiger partial charge in [0.25, 0.3) is 0 Å². The molecule has 0 aromatic carbocycles. The normalized spacial score (nSPS) is 36.8. The van der Waals surface area contributed by atoms with Gasteiger partial charge in [0.15, 0.2) is 0 Å². The lowest BCUT2D eigenvalue weighted by Crippen LogP contribution is -2.31. The standard InChI is InChI=1S/C15H26O2/c1-3-5-9-12(16)15-11-8-6-7-10-14(11)17-13(15)4-2/h11,13-15H,3-10H2,1-2H3/t11-,13+,14-,15-/m1/s1. The number of Topliss-reactive ketones (excluding diaryl/α,β-unsaturated/α-hetero) is 1. The summed E-state index contributed by atoms with van der Waals surface area (Å²) in [5.74, 6) is 1.24. The van der Waals surface area contributed by atoms with E-state index in [1.807, 2.05) is 0 Å². The summed E-state index contributed by atoms with van der Waals surface area (Å²) in [6.45, 7) is 4.31. The first-order valence-corrected chi connectivity index (χ1v) is 7.46. The van der Waals surface area contributed by atoms with Gasteiger partial charge in [-0.3, -0.25) is 4.79 Å². The summed E-state index contributed by atoms with van der Waals surface area (Å²) in [5, 5.41) is 0. The van der Waals surface area contributed by atoms with Crippen molar-refractivity contribution in [2.45, 2.75) is 77.4 Å². The summed E-state index contributed by atoms with van der Waals surface area (Å²) >= 11 is 0. The Balaban J connectivity index is 2.03. The minimum Gasteiger partial charge on any atom is -0.374 e. The number of carbonyl (C=O) groups excluding carboxylic acids is 1. The maximum Gasteiger partial charge on any atom is 0.138 e. The number of hydrogen-bond donors (Lipinski definition) is 0. The largest absolute Gasteiger partial charge is 0.374 e. The van der Waals surface area contributed by atoms with Crippen LogP contribution in [0.15, 0.2) is 0 Å². The maximum atomic E-state index is 12.3. The summed E-state index contributed by atoms with van der Waals surface area (Å²) < 4.78 is 6.11. The molecule has 0 unspecified atom stereocenters. The van der Waals surface area contributed by atoms with Crippen LogP contribution < -0.4 is 0 Å². The van der Waals surface area contributed by atoms with Crippen molar-refractivity contribution in [1.82, 2.24) is 0 Å². The SMILES string of the molecule is CCCCC(=O)[C@H]1[C@@H]2CCCC[C@H]2O[C@H]1CC. The van der Waals surface area contributed by atoms with Crippen LogP contribution in [0.25, 0.3) is 0 Å². The first-order valence-electron chi connectivity index (χ1n) is 7.46. The van der Waals surface area contributed by atoms with E-state index in [2.05, 4.69) is 13.8 Å². The van der Waals surface area contributed by atoms with E-state index in [1.54, 1.807) is 0 Å². The highest BCUT2D eigenvalue weighted by Crippen LogP contribution is 2.43. The van der Waals surface area contributed by atoms with Crippen molar-refractivity contribution < 1.29 is 9.53 Å². The van der Waals surface area contributed by atoms with E-state index in [0.717, 1.165) is 25.7 Å². The Kier molecular flexibility index (Phi) is 4.61. The Labute approximate surface area is 105 Å². The van der Waals surface area contributed by atoms with E-state index in [-0.39, 0.29) is 12.0 Å². The van der Waals surface area contributed by atoms with Crippen molar-refractivity contribution in [1.29, 1.82) is 0 Å². The molecule has 1 aliphatic heterocycles. The van der Waals surface area contributed by atoms with Crippen LogP contribution in [-0.4, -0.2) is 18.0 Å². The van der Waals surface area contributed by atoms with Crippen molar-refractivity contribution >= 4 is 5.78 Å². The monoisotopic (exact) mass is 238 g/mol. The molecule has 1 aliphatic carbocycles. The molecule has 0 aromatic heterocycles. The predicted molar refractivity (Wildman–Crippen MR) is 68.9 cm³/mol. The Morgan fingerprint density at radius 2 is 2.00 bits per heavy atom. The molecule has 2 fully saturated rings. The van der Waals surface area contributed by atoms with Gasteiger partial charge in [0.1, 0.15) is 5.78 Å². The molecule has 2 rings (SSSR count). The van der Waals surface area contributed by atoms with Crippen molar-refractivity contribution in [3.8, 4) is 0 Å². The first-order chi connectivity index (χ1) is 8.27. The minimum absolute atomic E-state index is 0.215. The molecule has 0 aromatic rings. The molecule has 17 heavy (non-hydrogen) atoms. The molecule has 1 heterocycles. The lowest BCUT2D eigenvalue weighted by molar-refractivity contribution is -0.125. The maximum absolute atomic E-state index is 12.3. The van der Waals surface area contributed by atoms with Gasteiger partial charge in [0, 0.05) is 12.3 Å². The fourth-order valence-corrected chi connectivity index (χ4v) is 3.60. The van der Waals surface area contributed by atoms with E-state index in [9.17, 15) is 4.79 Å². The van der Waals surface area contributed by atoms with Crippen LogP contribution in [0, 0.1) is 11.8 Å². The van der Waals surface area contributed by atoms with Crippen molar-refractivity contribution in [3.63, 3.8) is 0 Å². The third kappa shape index (κ3) is 2.73. The number of ketones is 1. The van der Waals surface area contributed by atoms with Crippen LogP contribution in [0.1, 0.15) is 65.2 Å². The summed E-state index contributed by atoms with van der Waals surface area (Å²) in [6, 6.07) is 0. The zero-order valence-electron chi connectivity index (χ0n) is 11.3. The number of fused-ring (bicyclic) bond motifs is 1. The minimum atomic E-state index is 0.215. The highest BCUT2D eigenvalue weighted by molar-refractivity contribution is 5.82. The predicted octanol–water partition coefficient (Wildman–Crippen LogP) is 3.73. The Hall–Kier alpha value is -0.370. The number of carbonyl (C=O) groups is 1. The van der Waals surface area contributed by atoms with Gasteiger partial charge in [-0.05, 0) is 31.6 Å². The van der Waals surface area contributed by atoms with Crippen LogP contribution in [0.5, 0.6) is 0 Å². The van der Waals surface area contributed by atoms with Gasteiger partial charge in [0.05, 0.1) is 12.2 Å². The number of rotatable bonds is 5. The van der Waals surface area contributed by atoms with Crippen molar-refractivity contribution in [3.05, 3.63) is 0 Å². The lowest BCUT2D eigenvalue weighted by Gasteiger charge is -2.26. The molecular weight excluding hydrogens is 212 g/mol. The highest BCUT2D eigenvalue weighted by atomic mass is 16.5. The highest BCUT2D eigenvalue weighted by Gasteiger charge is 2.47. The van der Waals surface area contributed by atoms with Crippen LogP contribution >= 0.6 is 0 Å². The molecule has 2 aliphatic rings. The Bertz CT molecular complexity index is 262. The zero-order valence-corrected chi connectivity index (χ0v) is 11.3. The molecule has 0 bridgehead atoms. The molecule has 1 saturated heterocycles. The molecule has 1 saturated carbocycles.